The predicted molar refractivity (Wildman–Crippen MR) is 90.6 cm³/mol. The molecule has 1 aromatic rings. The summed E-state index contributed by atoms with van der Waals surface area (Å²) in [6, 6.07) is 2.12. The lowest BCUT2D eigenvalue weighted by atomic mass is 9.93. The molecule has 0 amide bonds. The van der Waals surface area contributed by atoms with Gasteiger partial charge in [-0.05, 0) is 32.1 Å². The Morgan fingerprint density at radius 1 is 1.45 bits per heavy atom. The van der Waals surface area contributed by atoms with E-state index in [-0.39, 0.29) is 17.0 Å². The molecule has 0 radical (unpaired) electrons. The lowest BCUT2D eigenvalue weighted by Gasteiger charge is -2.24. The van der Waals surface area contributed by atoms with Gasteiger partial charge in [-0.3, -0.25) is 10.1 Å². The van der Waals surface area contributed by atoms with Gasteiger partial charge in [0.05, 0.1) is 17.5 Å². The maximum Gasteiger partial charge on any atom is 0.185 e. The standard InChI is InChI=1S/C16H23N3O2S/c1-9(2)17-16-19-14(8-22-16)13-7-15(20)11-5-4-10(21-3)6-12(11)18-13/h7-10,16-17,19H,4-6H2,1-3H3,(H,18,20). The molecule has 22 heavy (non-hydrogen) atoms. The van der Waals surface area contributed by atoms with Crippen LogP contribution in [0.2, 0.25) is 0 Å². The summed E-state index contributed by atoms with van der Waals surface area (Å²) in [4.78, 5) is 15.8. The number of rotatable bonds is 4. The van der Waals surface area contributed by atoms with Gasteiger partial charge < -0.3 is 15.0 Å². The quantitative estimate of drug-likeness (QED) is 0.789. The highest BCUT2D eigenvalue weighted by Gasteiger charge is 2.24. The smallest absolute Gasteiger partial charge is 0.185 e. The van der Waals surface area contributed by atoms with Crippen LogP contribution >= 0.6 is 11.8 Å². The van der Waals surface area contributed by atoms with E-state index in [1.165, 1.54) is 0 Å². The second kappa shape index (κ2) is 6.48. The largest absolute Gasteiger partial charge is 0.381 e. The van der Waals surface area contributed by atoms with Crippen LogP contribution in [0.3, 0.4) is 0 Å². The summed E-state index contributed by atoms with van der Waals surface area (Å²) in [5.74, 6) is 0. The van der Waals surface area contributed by atoms with E-state index in [0.29, 0.717) is 6.04 Å². The molecule has 2 aliphatic rings. The van der Waals surface area contributed by atoms with Crippen LogP contribution in [0.5, 0.6) is 0 Å². The fraction of sp³-hybridized carbons (Fsp3) is 0.562. The van der Waals surface area contributed by atoms with Gasteiger partial charge in [0, 0.05) is 36.9 Å². The number of pyridine rings is 1. The van der Waals surface area contributed by atoms with E-state index in [4.69, 9.17) is 4.74 Å². The zero-order valence-electron chi connectivity index (χ0n) is 13.2. The molecule has 0 aromatic carbocycles. The van der Waals surface area contributed by atoms with E-state index >= 15 is 0 Å². The van der Waals surface area contributed by atoms with E-state index in [1.54, 1.807) is 24.9 Å². The Balaban J connectivity index is 1.81. The lowest BCUT2D eigenvalue weighted by molar-refractivity contribution is 0.0898. The highest BCUT2D eigenvalue weighted by molar-refractivity contribution is 8.03. The third-order valence-electron chi connectivity index (χ3n) is 4.09. The molecule has 1 aliphatic heterocycles. The van der Waals surface area contributed by atoms with Crippen LogP contribution in [0.25, 0.3) is 5.70 Å². The Morgan fingerprint density at radius 2 is 2.27 bits per heavy atom. The fourth-order valence-electron chi connectivity index (χ4n) is 2.94. The van der Waals surface area contributed by atoms with Gasteiger partial charge in [-0.2, -0.15) is 0 Å². The number of thioether (sulfide) groups is 1. The summed E-state index contributed by atoms with van der Waals surface area (Å²) in [5.41, 5.74) is 4.06. The van der Waals surface area contributed by atoms with Crippen LogP contribution < -0.4 is 16.1 Å². The van der Waals surface area contributed by atoms with Crippen molar-refractivity contribution in [2.24, 2.45) is 0 Å². The number of aromatic amines is 1. The molecule has 0 bridgehead atoms. The number of hydrogen-bond donors (Lipinski definition) is 3. The summed E-state index contributed by atoms with van der Waals surface area (Å²) in [6.07, 6.45) is 2.70. The molecule has 1 aliphatic carbocycles. The first kappa shape index (κ1) is 15.6. The molecule has 3 rings (SSSR count). The van der Waals surface area contributed by atoms with Crippen molar-refractivity contribution in [1.29, 1.82) is 0 Å². The first-order valence-corrected chi connectivity index (χ1v) is 8.67. The molecule has 0 spiro atoms. The monoisotopic (exact) mass is 321 g/mol. The van der Waals surface area contributed by atoms with Crippen LogP contribution in [-0.4, -0.2) is 29.7 Å². The van der Waals surface area contributed by atoms with Gasteiger partial charge in [0.25, 0.3) is 0 Å². The van der Waals surface area contributed by atoms with Gasteiger partial charge in [-0.25, -0.2) is 0 Å². The molecular formula is C16H23N3O2S. The summed E-state index contributed by atoms with van der Waals surface area (Å²) in [7, 11) is 1.73. The molecule has 2 heterocycles. The minimum atomic E-state index is 0.131. The van der Waals surface area contributed by atoms with Crippen molar-refractivity contribution in [3.05, 3.63) is 38.6 Å². The average Bonchev–Trinajstić information content (AvgIpc) is 2.94. The van der Waals surface area contributed by atoms with Crippen molar-refractivity contribution in [3.8, 4) is 0 Å². The van der Waals surface area contributed by atoms with E-state index in [1.807, 2.05) is 0 Å². The summed E-state index contributed by atoms with van der Waals surface area (Å²) < 4.78 is 5.45. The number of H-pyrrole nitrogens is 1. The van der Waals surface area contributed by atoms with E-state index in [0.717, 1.165) is 41.9 Å². The number of nitrogens with one attached hydrogen (secondary N) is 3. The zero-order valence-corrected chi connectivity index (χ0v) is 14.0. The molecule has 0 saturated heterocycles. The van der Waals surface area contributed by atoms with Gasteiger partial charge in [-0.1, -0.05) is 11.8 Å². The molecule has 2 atom stereocenters. The molecule has 2 unspecified atom stereocenters. The van der Waals surface area contributed by atoms with Crippen LogP contribution in [0, 0.1) is 0 Å². The molecule has 5 nitrogen and oxygen atoms in total. The normalized spacial score (nSPS) is 24.1. The van der Waals surface area contributed by atoms with Crippen molar-refractivity contribution in [2.45, 2.75) is 50.8 Å². The maximum absolute atomic E-state index is 12.4. The van der Waals surface area contributed by atoms with E-state index < -0.39 is 0 Å². The van der Waals surface area contributed by atoms with Gasteiger partial charge in [0.15, 0.2) is 5.43 Å². The average molecular weight is 321 g/mol. The fourth-order valence-corrected chi connectivity index (χ4v) is 3.95. The van der Waals surface area contributed by atoms with Crippen LogP contribution in [0.1, 0.15) is 37.2 Å². The molecule has 6 heteroatoms. The lowest BCUT2D eigenvalue weighted by Crippen LogP contribution is -2.39. The molecule has 120 valence electrons. The van der Waals surface area contributed by atoms with Gasteiger partial charge in [-0.15, -0.1) is 0 Å². The number of fused-ring (bicyclic) bond motifs is 1. The summed E-state index contributed by atoms with van der Waals surface area (Å²) >= 11 is 1.69. The van der Waals surface area contributed by atoms with Crippen molar-refractivity contribution < 1.29 is 4.74 Å². The minimum absolute atomic E-state index is 0.131. The van der Waals surface area contributed by atoms with Gasteiger partial charge in [0.1, 0.15) is 5.50 Å². The minimum Gasteiger partial charge on any atom is -0.381 e. The Labute approximate surface area is 134 Å². The highest BCUT2D eigenvalue weighted by Crippen LogP contribution is 2.26. The predicted octanol–water partition coefficient (Wildman–Crippen LogP) is 1.79. The van der Waals surface area contributed by atoms with Crippen molar-refractivity contribution in [3.63, 3.8) is 0 Å². The topological polar surface area (TPSA) is 66.2 Å². The number of ether oxygens (including phenoxy) is 1. The number of methoxy groups -OCH3 is 1. The van der Waals surface area contributed by atoms with Crippen molar-refractivity contribution in [2.75, 3.05) is 7.11 Å². The van der Waals surface area contributed by atoms with Crippen molar-refractivity contribution >= 4 is 17.5 Å². The zero-order chi connectivity index (χ0) is 15.7. The number of hydrogen-bond acceptors (Lipinski definition) is 5. The second-order valence-corrected chi connectivity index (χ2v) is 7.10. The number of aromatic nitrogens is 1. The van der Waals surface area contributed by atoms with Crippen LogP contribution in [0.4, 0.5) is 0 Å². The summed E-state index contributed by atoms with van der Waals surface area (Å²) in [6.45, 7) is 4.23. The Morgan fingerprint density at radius 3 is 3.00 bits per heavy atom. The SMILES string of the molecule is COC1CCc2c([nH]c(C3=CSC(NC(C)C)N3)cc2=O)C1. The molecule has 3 N–H and O–H groups in total. The molecule has 1 aromatic heterocycles. The molecule has 0 fully saturated rings. The van der Waals surface area contributed by atoms with Gasteiger partial charge >= 0.3 is 0 Å². The third kappa shape index (κ3) is 3.24. The third-order valence-corrected chi connectivity index (χ3v) is 4.99. The highest BCUT2D eigenvalue weighted by atomic mass is 32.2. The van der Waals surface area contributed by atoms with Crippen molar-refractivity contribution in [1.82, 2.24) is 15.6 Å². The van der Waals surface area contributed by atoms with Crippen LogP contribution in [0.15, 0.2) is 16.3 Å². The Kier molecular flexibility index (Phi) is 4.61. The van der Waals surface area contributed by atoms with Crippen LogP contribution in [-0.2, 0) is 17.6 Å². The Bertz CT molecular complexity index is 639. The van der Waals surface area contributed by atoms with Gasteiger partial charge in [0.2, 0.25) is 0 Å². The molecular weight excluding hydrogens is 298 g/mol. The first-order valence-electron chi connectivity index (χ1n) is 7.73. The van der Waals surface area contributed by atoms with E-state index in [9.17, 15) is 4.79 Å². The molecule has 0 saturated carbocycles. The Hall–Kier alpha value is -1.24. The first-order chi connectivity index (χ1) is 10.6. The van der Waals surface area contributed by atoms with E-state index in [2.05, 4.69) is 34.9 Å². The second-order valence-electron chi connectivity index (χ2n) is 6.12. The summed E-state index contributed by atoms with van der Waals surface area (Å²) in [5, 5.41) is 8.90. The maximum atomic E-state index is 12.4.